The van der Waals surface area contributed by atoms with E-state index in [1.54, 1.807) is 31.2 Å². The van der Waals surface area contributed by atoms with E-state index in [1.165, 1.54) is 17.8 Å². The zero-order chi connectivity index (χ0) is 15.5. The maximum absolute atomic E-state index is 12.5. The first-order valence-corrected chi connectivity index (χ1v) is 8.92. The Morgan fingerprint density at radius 2 is 1.90 bits per heavy atom. The number of sulfonamides is 1. The summed E-state index contributed by atoms with van der Waals surface area (Å²) in [6.45, 7) is 3.17. The Morgan fingerprint density at radius 3 is 2.52 bits per heavy atom. The molecule has 0 aromatic heterocycles. The SMILES string of the molecule is CCS(=O)(=O)N(C)c1cccc(C(=O)N2CCCCC2)c1. The zero-order valence-corrected chi connectivity index (χ0v) is 13.4. The van der Waals surface area contributed by atoms with Crippen molar-refractivity contribution in [3.8, 4) is 0 Å². The quantitative estimate of drug-likeness (QED) is 0.855. The van der Waals surface area contributed by atoms with E-state index in [9.17, 15) is 13.2 Å². The highest BCUT2D eigenvalue weighted by Crippen LogP contribution is 2.20. The fourth-order valence-electron chi connectivity index (χ4n) is 2.47. The molecule has 0 aliphatic carbocycles. The highest BCUT2D eigenvalue weighted by molar-refractivity contribution is 7.92. The van der Waals surface area contributed by atoms with Crippen molar-refractivity contribution in [1.82, 2.24) is 4.90 Å². The molecule has 0 N–H and O–H groups in total. The van der Waals surface area contributed by atoms with Crippen LogP contribution in [0.4, 0.5) is 5.69 Å². The second-order valence-electron chi connectivity index (χ2n) is 5.27. The van der Waals surface area contributed by atoms with E-state index in [-0.39, 0.29) is 11.7 Å². The Labute approximate surface area is 126 Å². The van der Waals surface area contributed by atoms with Gasteiger partial charge >= 0.3 is 0 Å². The maximum atomic E-state index is 12.5. The minimum absolute atomic E-state index is 0.0150. The smallest absolute Gasteiger partial charge is 0.253 e. The van der Waals surface area contributed by atoms with Crippen LogP contribution >= 0.6 is 0 Å². The van der Waals surface area contributed by atoms with Gasteiger partial charge in [0, 0.05) is 25.7 Å². The number of likely N-dealkylation sites (tertiary alicyclic amines) is 1. The monoisotopic (exact) mass is 310 g/mol. The first-order chi connectivity index (χ1) is 9.95. The average molecular weight is 310 g/mol. The molecular weight excluding hydrogens is 288 g/mol. The molecule has 2 rings (SSSR count). The number of anilines is 1. The van der Waals surface area contributed by atoms with E-state index in [0.717, 1.165) is 25.9 Å². The van der Waals surface area contributed by atoms with Crippen molar-refractivity contribution in [2.45, 2.75) is 26.2 Å². The van der Waals surface area contributed by atoms with Crippen molar-refractivity contribution in [1.29, 1.82) is 0 Å². The summed E-state index contributed by atoms with van der Waals surface area (Å²) in [7, 11) is -1.79. The molecule has 1 aliphatic rings. The molecule has 21 heavy (non-hydrogen) atoms. The van der Waals surface area contributed by atoms with Crippen molar-refractivity contribution in [3.63, 3.8) is 0 Å². The van der Waals surface area contributed by atoms with Gasteiger partial charge in [-0.3, -0.25) is 9.10 Å². The van der Waals surface area contributed by atoms with Gasteiger partial charge in [0.05, 0.1) is 11.4 Å². The largest absolute Gasteiger partial charge is 0.339 e. The van der Waals surface area contributed by atoms with Crippen molar-refractivity contribution in [2.75, 3.05) is 30.2 Å². The Bertz CT molecular complexity index is 607. The van der Waals surface area contributed by atoms with Crippen LogP contribution in [0.25, 0.3) is 0 Å². The van der Waals surface area contributed by atoms with Gasteiger partial charge in [-0.2, -0.15) is 0 Å². The molecule has 1 heterocycles. The summed E-state index contributed by atoms with van der Waals surface area (Å²) >= 11 is 0. The topological polar surface area (TPSA) is 57.7 Å². The number of rotatable bonds is 4. The van der Waals surface area contributed by atoms with Crippen LogP contribution < -0.4 is 4.31 Å². The predicted molar refractivity (Wildman–Crippen MR) is 84.1 cm³/mol. The van der Waals surface area contributed by atoms with Gasteiger partial charge < -0.3 is 4.90 Å². The molecule has 0 unspecified atom stereocenters. The summed E-state index contributed by atoms with van der Waals surface area (Å²) in [4.78, 5) is 14.3. The van der Waals surface area contributed by atoms with Gasteiger partial charge in [-0.05, 0) is 44.4 Å². The molecule has 1 aromatic rings. The Morgan fingerprint density at radius 1 is 1.24 bits per heavy atom. The summed E-state index contributed by atoms with van der Waals surface area (Å²) in [5, 5.41) is 0. The lowest BCUT2D eigenvalue weighted by Crippen LogP contribution is -2.35. The third-order valence-electron chi connectivity index (χ3n) is 3.88. The van der Waals surface area contributed by atoms with Crippen LogP contribution in [-0.2, 0) is 10.0 Å². The molecule has 1 saturated heterocycles. The fraction of sp³-hybridized carbons (Fsp3) is 0.533. The fourth-order valence-corrected chi connectivity index (χ4v) is 3.29. The minimum atomic E-state index is -3.31. The molecule has 6 heteroatoms. The van der Waals surface area contributed by atoms with Crippen molar-refractivity contribution in [2.24, 2.45) is 0 Å². The summed E-state index contributed by atoms with van der Waals surface area (Å²) in [5.74, 6) is 0.0206. The van der Waals surface area contributed by atoms with Gasteiger partial charge in [0.15, 0.2) is 0 Å². The molecule has 1 aromatic carbocycles. The number of nitrogens with zero attached hydrogens (tertiary/aromatic N) is 2. The third-order valence-corrected chi connectivity index (χ3v) is 5.66. The summed E-state index contributed by atoms with van der Waals surface area (Å²) in [6, 6.07) is 6.84. The third kappa shape index (κ3) is 3.56. The van der Waals surface area contributed by atoms with Gasteiger partial charge in [0.2, 0.25) is 10.0 Å². The molecule has 1 fully saturated rings. The molecule has 0 bridgehead atoms. The maximum Gasteiger partial charge on any atom is 0.253 e. The van der Waals surface area contributed by atoms with E-state index in [0.29, 0.717) is 11.3 Å². The number of hydrogen-bond donors (Lipinski definition) is 0. The first kappa shape index (κ1) is 15.8. The molecule has 5 nitrogen and oxygen atoms in total. The van der Waals surface area contributed by atoms with Gasteiger partial charge in [-0.15, -0.1) is 0 Å². The van der Waals surface area contributed by atoms with Crippen LogP contribution in [0, 0.1) is 0 Å². The molecule has 0 atom stereocenters. The molecule has 0 spiro atoms. The molecule has 0 radical (unpaired) electrons. The van der Waals surface area contributed by atoms with E-state index in [1.807, 2.05) is 4.90 Å². The normalized spacial score (nSPS) is 15.8. The van der Waals surface area contributed by atoms with E-state index >= 15 is 0 Å². The van der Waals surface area contributed by atoms with Crippen molar-refractivity contribution < 1.29 is 13.2 Å². The molecule has 1 amide bonds. The molecule has 0 saturated carbocycles. The number of benzene rings is 1. The van der Waals surface area contributed by atoms with Crippen LogP contribution in [0.3, 0.4) is 0 Å². The first-order valence-electron chi connectivity index (χ1n) is 7.31. The second kappa shape index (κ2) is 6.47. The summed E-state index contributed by atoms with van der Waals surface area (Å²) in [6.07, 6.45) is 3.24. The zero-order valence-electron chi connectivity index (χ0n) is 12.6. The Hall–Kier alpha value is -1.56. The summed E-state index contributed by atoms with van der Waals surface area (Å²) in [5.41, 5.74) is 1.08. The Kier molecular flexibility index (Phi) is 4.88. The highest BCUT2D eigenvalue weighted by atomic mass is 32.2. The standard InChI is InChI=1S/C15H22N2O3S/c1-3-21(19,20)16(2)14-9-7-8-13(12-14)15(18)17-10-5-4-6-11-17/h7-9,12H,3-6,10-11H2,1-2H3. The van der Waals surface area contributed by atoms with Crippen LogP contribution in [0.5, 0.6) is 0 Å². The van der Waals surface area contributed by atoms with E-state index in [4.69, 9.17) is 0 Å². The lowest BCUT2D eigenvalue weighted by atomic mass is 10.1. The minimum Gasteiger partial charge on any atom is -0.339 e. The highest BCUT2D eigenvalue weighted by Gasteiger charge is 2.20. The number of amides is 1. The summed E-state index contributed by atoms with van der Waals surface area (Å²) < 4.78 is 25.1. The van der Waals surface area contributed by atoms with Crippen LogP contribution in [0.2, 0.25) is 0 Å². The lowest BCUT2D eigenvalue weighted by molar-refractivity contribution is 0.0724. The predicted octanol–water partition coefficient (Wildman–Crippen LogP) is 2.10. The second-order valence-corrected chi connectivity index (χ2v) is 7.56. The van der Waals surface area contributed by atoms with E-state index in [2.05, 4.69) is 0 Å². The van der Waals surface area contributed by atoms with Gasteiger partial charge in [0.1, 0.15) is 0 Å². The van der Waals surface area contributed by atoms with Crippen molar-refractivity contribution in [3.05, 3.63) is 29.8 Å². The van der Waals surface area contributed by atoms with Gasteiger partial charge in [-0.1, -0.05) is 6.07 Å². The Balaban J connectivity index is 2.23. The number of carbonyl (C=O) groups is 1. The van der Waals surface area contributed by atoms with Crippen molar-refractivity contribution >= 4 is 21.6 Å². The van der Waals surface area contributed by atoms with Crippen LogP contribution in [0.15, 0.2) is 24.3 Å². The number of piperidine rings is 1. The number of carbonyl (C=O) groups excluding carboxylic acids is 1. The van der Waals surface area contributed by atoms with Crippen LogP contribution in [0.1, 0.15) is 36.5 Å². The van der Waals surface area contributed by atoms with Gasteiger partial charge in [0.25, 0.3) is 5.91 Å². The number of hydrogen-bond acceptors (Lipinski definition) is 3. The lowest BCUT2D eigenvalue weighted by Gasteiger charge is -2.27. The molecular formula is C15H22N2O3S. The average Bonchev–Trinajstić information content (AvgIpc) is 2.54. The van der Waals surface area contributed by atoms with E-state index < -0.39 is 10.0 Å². The van der Waals surface area contributed by atoms with Gasteiger partial charge in [-0.25, -0.2) is 8.42 Å². The molecule has 116 valence electrons. The van der Waals surface area contributed by atoms with Crippen LogP contribution in [-0.4, -0.2) is 45.1 Å². The molecule has 1 aliphatic heterocycles.